The second-order valence-corrected chi connectivity index (χ2v) is 5.32. The Hall–Kier alpha value is -0.610. The van der Waals surface area contributed by atoms with Gasteiger partial charge in [0.2, 0.25) is 5.91 Å². The molecule has 0 aromatic heterocycles. The van der Waals surface area contributed by atoms with Crippen molar-refractivity contribution in [3.05, 3.63) is 0 Å². The summed E-state index contributed by atoms with van der Waals surface area (Å²) in [5.74, 6) is 0.990. The zero-order valence-electron chi connectivity index (χ0n) is 10.8. The number of nitrogens with one attached hydrogen (secondary N) is 1. The van der Waals surface area contributed by atoms with E-state index in [-0.39, 0.29) is 12.5 Å². The molecule has 0 atom stereocenters. The minimum absolute atomic E-state index is 0.158. The molecule has 1 N–H and O–H groups in total. The molecule has 0 aromatic rings. The van der Waals surface area contributed by atoms with Crippen molar-refractivity contribution in [1.29, 1.82) is 0 Å². The maximum absolute atomic E-state index is 11.9. The highest BCUT2D eigenvalue weighted by molar-refractivity contribution is 5.77. The highest BCUT2D eigenvalue weighted by Crippen LogP contribution is 2.25. The molecule has 2 rings (SSSR count). The van der Waals surface area contributed by atoms with Crippen LogP contribution < -0.4 is 5.32 Å². The summed E-state index contributed by atoms with van der Waals surface area (Å²) in [6.45, 7) is 6.04. The van der Waals surface area contributed by atoms with Crippen LogP contribution in [0.2, 0.25) is 0 Å². The first-order valence-electron chi connectivity index (χ1n) is 6.86. The van der Waals surface area contributed by atoms with Crippen LogP contribution in [0.4, 0.5) is 0 Å². The van der Waals surface area contributed by atoms with E-state index in [9.17, 15) is 4.79 Å². The molecule has 98 valence electrons. The largest absolute Gasteiger partial charge is 0.368 e. The van der Waals surface area contributed by atoms with Crippen molar-refractivity contribution in [3.63, 3.8) is 0 Å². The molecule has 1 saturated heterocycles. The SMILES string of the molecule is CC1CCC(OCC(=O)N2CCNCC2)CC1. The van der Waals surface area contributed by atoms with Gasteiger partial charge in [-0.3, -0.25) is 4.79 Å². The van der Waals surface area contributed by atoms with Gasteiger partial charge in [0.25, 0.3) is 0 Å². The van der Waals surface area contributed by atoms with Crippen molar-refractivity contribution in [2.75, 3.05) is 32.8 Å². The van der Waals surface area contributed by atoms with E-state index in [1.165, 1.54) is 12.8 Å². The number of hydrogen-bond donors (Lipinski definition) is 1. The lowest BCUT2D eigenvalue weighted by Crippen LogP contribution is -2.48. The highest BCUT2D eigenvalue weighted by atomic mass is 16.5. The third kappa shape index (κ3) is 3.96. The summed E-state index contributed by atoms with van der Waals surface area (Å²) in [7, 11) is 0. The average molecular weight is 240 g/mol. The first-order chi connectivity index (χ1) is 8.25. The van der Waals surface area contributed by atoms with E-state index < -0.39 is 0 Å². The van der Waals surface area contributed by atoms with Gasteiger partial charge in [0.15, 0.2) is 0 Å². The Morgan fingerprint density at radius 2 is 1.88 bits per heavy atom. The van der Waals surface area contributed by atoms with Crippen molar-refractivity contribution in [2.24, 2.45) is 5.92 Å². The standard InChI is InChI=1S/C13H24N2O2/c1-11-2-4-12(5-3-11)17-10-13(16)15-8-6-14-7-9-15/h11-12,14H,2-10H2,1H3. The Bertz CT molecular complexity index is 244. The molecule has 0 unspecified atom stereocenters. The molecular weight excluding hydrogens is 216 g/mol. The van der Waals surface area contributed by atoms with E-state index in [2.05, 4.69) is 12.2 Å². The van der Waals surface area contributed by atoms with Gasteiger partial charge in [0.05, 0.1) is 6.10 Å². The van der Waals surface area contributed by atoms with Gasteiger partial charge in [-0.25, -0.2) is 0 Å². The number of rotatable bonds is 3. The zero-order valence-corrected chi connectivity index (χ0v) is 10.8. The summed E-state index contributed by atoms with van der Waals surface area (Å²) >= 11 is 0. The molecule has 4 heteroatoms. The summed E-state index contributed by atoms with van der Waals surface area (Å²) in [6.07, 6.45) is 5.04. The number of carbonyl (C=O) groups is 1. The van der Waals surface area contributed by atoms with Crippen molar-refractivity contribution in [2.45, 2.75) is 38.7 Å². The van der Waals surface area contributed by atoms with Gasteiger partial charge in [0, 0.05) is 26.2 Å². The predicted octanol–water partition coefficient (Wildman–Crippen LogP) is 1.01. The number of amides is 1. The molecule has 0 aromatic carbocycles. The van der Waals surface area contributed by atoms with E-state index in [1.54, 1.807) is 0 Å². The van der Waals surface area contributed by atoms with Crippen molar-refractivity contribution in [1.82, 2.24) is 10.2 Å². The lowest BCUT2D eigenvalue weighted by atomic mass is 9.89. The summed E-state index contributed by atoms with van der Waals surface area (Å²) in [5, 5.41) is 3.25. The molecule has 1 aliphatic heterocycles. The zero-order chi connectivity index (χ0) is 12.1. The van der Waals surface area contributed by atoms with E-state index in [4.69, 9.17) is 4.74 Å². The maximum atomic E-state index is 11.9. The molecule has 2 fully saturated rings. The van der Waals surface area contributed by atoms with E-state index in [0.29, 0.717) is 6.10 Å². The number of piperazine rings is 1. The van der Waals surface area contributed by atoms with E-state index >= 15 is 0 Å². The molecule has 4 nitrogen and oxygen atoms in total. The van der Waals surface area contributed by atoms with Gasteiger partial charge in [-0.2, -0.15) is 0 Å². The number of ether oxygens (including phenoxy) is 1. The smallest absolute Gasteiger partial charge is 0.248 e. The van der Waals surface area contributed by atoms with Crippen molar-refractivity contribution >= 4 is 5.91 Å². The Balaban J connectivity index is 1.65. The van der Waals surface area contributed by atoms with Gasteiger partial charge in [-0.15, -0.1) is 0 Å². The van der Waals surface area contributed by atoms with Crippen LogP contribution in [-0.2, 0) is 9.53 Å². The van der Waals surface area contributed by atoms with Crippen molar-refractivity contribution in [3.8, 4) is 0 Å². The molecule has 1 heterocycles. The fourth-order valence-corrected chi connectivity index (χ4v) is 2.59. The van der Waals surface area contributed by atoms with Gasteiger partial charge >= 0.3 is 0 Å². The molecule has 0 spiro atoms. The van der Waals surface area contributed by atoms with Gasteiger partial charge in [-0.05, 0) is 31.6 Å². The lowest BCUT2D eigenvalue weighted by Gasteiger charge is -2.29. The van der Waals surface area contributed by atoms with Crippen LogP contribution in [0, 0.1) is 5.92 Å². The number of carbonyl (C=O) groups excluding carboxylic acids is 1. The minimum atomic E-state index is 0.158. The molecule has 17 heavy (non-hydrogen) atoms. The van der Waals surface area contributed by atoms with Crippen LogP contribution in [-0.4, -0.2) is 49.7 Å². The molecule has 1 saturated carbocycles. The number of nitrogens with zero attached hydrogens (tertiary/aromatic N) is 1. The maximum Gasteiger partial charge on any atom is 0.248 e. The fraction of sp³-hybridized carbons (Fsp3) is 0.923. The third-order valence-electron chi connectivity index (χ3n) is 3.88. The van der Waals surface area contributed by atoms with Crippen molar-refractivity contribution < 1.29 is 9.53 Å². The van der Waals surface area contributed by atoms with Crippen LogP contribution in [0.3, 0.4) is 0 Å². The Morgan fingerprint density at radius 3 is 2.53 bits per heavy atom. The summed E-state index contributed by atoms with van der Waals surface area (Å²) in [4.78, 5) is 13.8. The normalized spacial score (nSPS) is 30.3. The molecule has 1 aliphatic carbocycles. The molecule has 1 amide bonds. The van der Waals surface area contributed by atoms with E-state index in [1.807, 2.05) is 4.90 Å². The first kappa shape index (κ1) is 12.8. The van der Waals surface area contributed by atoms with E-state index in [0.717, 1.165) is 44.9 Å². The predicted molar refractivity (Wildman–Crippen MR) is 66.8 cm³/mol. The first-order valence-corrected chi connectivity index (χ1v) is 6.86. The summed E-state index contributed by atoms with van der Waals surface area (Å²) in [6, 6.07) is 0. The average Bonchev–Trinajstić information content (AvgIpc) is 2.39. The van der Waals surface area contributed by atoms with Gasteiger partial charge in [0.1, 0.15) is 6.61 Å². The highest BCUT2D eigenvalue weighted by Gasteiger charge is 2.21. The molecule has 0 bridgehead atoms. The second-order valence-electron chi connectivity index (χ2n) is 5.32. The second kappa shape index (κ2) is 6.36. The molecular formula is C13H24N2O2. The quantitative estimate of drug-likeness (QED) is 0.800. The number of hydrogen-bond acceptors (Lipinski definition) is 3. The Morgan fingerprint density at radius 1 is 1.24 bits per heavy atom. The monoisotopic (exact) mass is 240 g/mol. The lowest BCUT2D eigenvalue weighted by molar-refractivity contribution is -0.139. The summed E-state index contributed by atoms with van der Waals surface area (Å²) < 4.78 is 5.73. The molecule has 0 radical (unpaired) electrons. The third-order valence-corrected chi connectivity index (χ3v) is 3.88. The topological polar surface area (TPSA) is 41.6 Å². The van der Waals surface area contributed by atoms with Gasteiger partial charge < -0.3 is 15.0 Å². The summed E-state index contributed by atoms with van der Waals surface area (Å²) in [5.41, 5.74) is 0. The Labute approximate surface area is 104 Å². The van der Waals surface area contributed by atoms with Crippen LogP contribution >= 0.6 is 0 Å². The van der Waals surface area contributed by atoms with Crippen LogP contribution in [0.15, 0.2) is 0 Å². The van der Waals surface area contributed by atoms with Crippen LogP contribution in [0.25, 0.3) is 0 Å². The minimum Gasteiger partial charge on any atom is -0.368 e. The fourth-order valence-electron chi connectivity index (χ4n) is 2.59. The van der Waals surface area contributed by atoms with Crippen LogP contribution in [0.5, 0.6) is 0 Å². The Kier molecular flexibility index (Phi) is 4.80. The van der Waals surface area contributed by atoms with Crippen LogP contribution in [0.1, 0.15) is 32.6 Å². The molecule has 2 aliphatic rings. The van der Waals surface area contributed by atoms with Gasteiger partial charge in [-0.1, -0.05) is 6.92 Å².